The normalized spacial score (nSPS) is 13.8. The van der Waals surface area contributed by atoms with Crippen molar-refractivity contribution in [2.24, 2.45) is 0 Å². The molecule has 0 aliphatic heterocycles. The van der Waals surface area contributed by atoms with Gasteiger partial charge in [0.2, 0.25) is 0 Å². The first kappa shape index (κ1) is 12.9. The van der Waals surface area contributed by atoms with Gasteiger partial charge < -0.3 is 4.57 Å². The van der Waals surface area contributed by atoms with Crippen LogP contribution in [0.4, 0.5) is 0 Å². The molecule has 0 saturated carbocycles. The maximum absolute atomic E-state index is 13.4. The molecule has 0 heterocycles. The van der Waals surface area contributed by atoms with E-state index in [1.165, 1.54) is 0 Å². The first-order valence-corrected chi connectivity index (χ1v) is 7.89. The smallest absolute Gasteiger partial charge is 0.147 e. The molecule has 0 aliphatic rings. The van der Waals surface area contributed by atoms with Crippen LogP contribution in [0.25, 0.3) is 0 Å². The molecule has 2 aromatic carbocycles. The minimum Gasteiger partial charge on any atom is -0.313 e. The minimum atomic E-state index is -2.58. The molecule has 0 radical (unpaired) electrons. The van der Waals surface area contributed by atoms with Gasteiger partial charge in [0, 0.05) is 16.8 Å². The third-order valence-corrected chi connectivity index (χ3v) is 6.25. The summed E-state index contributed by atoms with van der Waals surface area (Å²) in [7, 11) is -2.58. The fraction of sp³-hybridized carbons (Fsp3) is 0.125. The topological polar surface area (TPSA) is 17.1 Å². The van der Waals surface area contributed by atoms with Gasteiger partial charge in [-0.05, 0) is 12.5 Å². The Hall–Kier alpha value is -1.59. The molecule has 0 N–H and O–H groups in total. The Labute approximate surface area is 109 Å². The molecule has 0 aliphatic carbocycles. The van der Waals surface area contributed by atoms with E-state index < -0.39 is 7.14 Å². The van der Waals surface area contributed by atoms with Gasteiger partial charge in [0.05, 0.1) is 0 Å². The first-order valence-electron chi connectivity index (χ1n) is 6.00. The highest BCUT2D eigenvalue weighted by Crippen LogP contribution is 2.43. The number of aryl methyl sites for hydroxylation is 1. The molecular weight excluding hydrogens is 239 g/mol. The summed E-state index contributed by atoms with van der Waals surface area (Å²) in [5, 5.41) is 1.84. The van der Waals surface area contributed by atoms with E-state index in [-0.39, 0.29) is 0 Å². The molecule has 92 valence electrons. The molecule has 1 nitrogen and oxygen atoms in total. The Morgan fingerprint density at radius 1 is 1.06 bits per heavy atom. The highest BCUT2D eigenvalue weighted by molar-refractivity contribution is 7.78. The average molecular weight is 256 g/mol. The van der Waals surface area contributed by atoms with Crippen LogP contribution in [0.5, 0.6) is 0 Å². The number of benzene rings is 2. The van der Waals surface area contributed by atoms with Gasteiger partial charge in [-0.2, -0.15) is 0 Å². The molecule has 0 spiro atoms. The molecule has 2 aromatic rings. The van der Waals surface area contributed by atoms with Crippen LogP contribution in [0.1, 0.15) is 5.56 Å². The van der Waals surface area contributed by atoms with Crippen molar-refractivity contribution in [3.05, 3.63) is 72.8 Å². The van der Waals surface area contributed by atoms with E-state index in [2.05, 4.69) is 6.58 Å². The largest absolute Gasteiger partial charge is 0.313 e. The summed E-state index contributed by atoms with van der Waals surface area (Å²) in [6.07, 6.45) is 2.25. The second-order valence-electron chi connectivity index (χ2n) is 4.33. The maximum atomic E-state index is 13.4. The van der Waals surface area contributed by atoms with Crippen LogP contribution in [0.2, 0.25) is 0 Å². The number of hydrogen-bond donors (Lipinski definition) is 0. The highest BCUT2D eigenvalue weighted by Gasteiger charge is 2.26. The summed E-state index contributed by atoms with van der Waals surface area (Å²) in [6.45, 7) is 5.76. The predicted octanol–water partition coefficient (Wildman–Crippen LogP) is 3.49. The van der Waals surface area contributed by atoms with Crippen LogP contribution < -0.4 is 10.6 Å². The molecule has 0 bridgehead atoms. The lowest BCUT2D eigenvalue weighted by Crippen LogP contribution is -2.19. The van der Waals surface area contributed by atoms with Gasteiger partial charge in [-0.1, -0.05) is 60.7 Å². The van der Waals surface area contributed by atoms with Crippen LogP contribution in [0.15, 0.2) is 67.3 Å². The average Bonchev–Trinajstić information content (AvgIpc) is 2.40. The van der Waals surface area contributed by atoms with Gasteiger partial charge in [0.25, 0.3) is 0 Å². The SMILES string of the molecule is C=CCP(=O)(c1ccccc1)c1ccccc1C. The van der Waals surface area contributed by atoms with E-state index in [1.54, 1.807) is 6.08 Å². The molecule has 1 atom stereocenters. The van der Waals surface area contributed by atoms with E-state index in [0.717, 1.165) is 16.2 Å². The molecule has 1 unspecified atom stereocenters. The number of allylic oxidation sites excluding steroid dienone is 1. The van der Waals surface area contributed by atoms with Crippen LogP contribution in [-0.2, 0) is 4.57 Å². The third kappa shape index (κ3) is 2.32. The lowest BCUT2D eigenvalue weighted by atomic mass is 10.2. The summed E-state index contributed by atoms with van der Waals surface area (Å²) in [6, 6.07) is 17.6. The van der Waals surface area contributed by atoms with Gasteiger partial charge >= 0.3 is 0 Å². The summed E-state index contributed by atoms with van der Waals surface area (Å²) < 4.78 is 13.4. The molecule has 18 heavy (non-hydrogen) atoms. The number of hydrogen-bond acceptors (Lipinski definition) is 1. The van der Waals surface area contributed by atoms with E-state index in [0.29, 0.717) is 6.16 Å². The van der Waals surface area contributed by atoms with E-state index in [4.69, 9.17) is 0 Å². The third-order valence-electron chi connectivity index (χ3n) is 3.06. The van der Waals surface area contributed by atoms with E-state index in [9.17, 15) is 4.57 Å². The standard InChI is InChI=1S/C16H17OP/c1-3-13-18(17,15-10-5-4-6-11-15)16-12-8-7-9-14(16)2/h3-12H,1,13H2,2H3. The van der Waals surface area contributed by atoms with Gasteiger partial charge in [-0.3, -0.25) is 0 Å². The quantitative estimate of drug-likeness (QED) is 0.604. The summed E-state index contributed by atoms with van der Waals surface area (Å²) >= 11 is 0. The maximum Gasteiger partial charge on any atom is 0.147 e. The van der Waals surface area contributed by atoms with E-state index >= 15 is 0 Å². The van der Waals surface area contributed by atoms with Crippen molar-refractivity contribution < 1.29 is 4.57 Å². The molecule has 0 saturated heterocycles. The summed E-state index contributed by atoms with van der Waals surface area (Å²) in [4.78, 5) is 0. The van der Waals surface area contributed by atoms with Gasteiger partial charge in [-0.25, -0.2) is 0 Å². The Bertz CT molecular complexity index is 587. The zero-order chi connectivity index (χ0) is 13.0. The van der Waals surface area contributed by atoms with Crippen molar-refractivity contribution >= 4 is 17.8 Å². The Kier molecular flexibility index (Phi) is 3.84. The zero-order valence-corrected chi connectivity index (χ0v) is 11.4. The summed E-state index contributed by atoms with van der Waals surface area (Å²) in [5.74, 6) is 0. The highest BCUT2D eigenvalue weighted by atomic mass is 31.2. The van der Waals surface area contributed by atoms with E-state index in [1.807, 2.05) is 61.5 Å². The van der Waals surface area contributed by atoms with Crippen molar-refractivity contribution in [1.29, 1.82) is 0 Å². The monoisotopic (exact) mass is 256 g/mol. The van der Waals surface area contributed by atoms with Crippen LogP contribution in [0.3, 0.4) is 0 Å². The Balaban J connectivity index is 2.62. The first-order chi connectivity index (χ1) is 8.68. The van der Waals surface area contributed by atoms with Gasteiger partial charge in [-0.15, -0.1) is 6.58 Å². The van der Waals surface area contributed by atoms with Crippen molar-refractivity contribution in [3.63, 3.8) is 0 Å². The molecule has 2 heteroatoms. The zero-order valence-electron chi connectivity index (χ0n) is 10.5. The van der Waals surface area contributed by atoms with Gasteiger partial charge in [0.1, 0.15) is 7.14 Å². The number of rotatable bonds is 4. The summed E-state index contributed by atoms with van der Waals surface area (Å²) in [5.41, 5.74) is 1.08. The minimum absolute atomic E-state index is 0.502. The van der Waals surface area contributed by atoms with Crippen molar-refractivity contribution in [2.75, 3.05) is 6.16 Å². The predicted molar refractivity (Wildman–Crippen MR) is 79.6 cm³/mol. The van der Waals surface area contributed by atoms with Crippen LogP contribution >= 0.6 is 7.14 Å². The fourth-order valence-electron chi connectivity index (χ4n) is 2.16. The van der Waals surface area contributed by atoms with Crippen molar-refractivity contribution in [2.45, 2.75) is 6.92 Å². The van der Waals surface area contributed by atoms with Crippen LogP contribution in [0, 0.1) is 6.92 Å². The second-order valence-corrected chi connectivity index (χ2v) is 7.18. The second kappa shape index (κ2) is 5.37. The molecule has 0 amide bonds. The molecule has 2 rings (SSSR count). The molecule has 0 fully saturated rings. The van der Waals surface area contributed by atoms with Gasteiger partial charge in [0.15, 0.2) is 0 Å². The Morgan fingerprint density at radius 2 is 1.67 bits per heavy atom. The van der Waals surface area contributed by atoms with Crippen molar-refractivity contribution in [1.82, 2.24) is 0 Å². The lowest BCUT2D eigenvalue weighted by molar-refractivity contribution is 0.588. The lowest BCUT2D eigenvalue weighted by Gasteiger charge is -2.19. The fourth-order valence-corrected chi connectivity index (χ4v) is 4.84. The molecule has 0 aromatic heterocycles. The van der Waals surface area contributed by atoms with Crippen LogP contribution in [-0.4, -0.2) is 6.16 Å². The Morgan fingerprint density at radius 3 is 2.28 bits per heavy atom. The van der Waals surface area contributed by atoms with Crippen molar-refractivity contribution in [3.8, 4) is 0 Å². The molecular formula is C16H17OP.